The lowest BCUT2D eigenvalue weighted by atomic mass is 9.76. The van der Waals surface area contributed by atoms with E-state index >= 15 is 0 Å². The lowest BCUT2D eigenvalue weighted by molar-refractivity contribution is -0.386. The molecule has 104 valence electrons. The van der Waals surface area contributed by atoms with Gasteiger partial charge in [0.05, 0.1) is 4.92 Å². The summed E-state index contributed by atoms with van der Waals surface area (Å²) in [6, 6.07) is 2.75. The molecule has 6 nitrogen and oxygen atoms in total. The SMILES string of the molecule is CC1(C)CCC(Oc2nc(N)ccc2[N+](=O)[O-])CC1. The molecule has 0 amide bonds. The first-order valence-electron chi connectivity index (χ1n) is 6.45. The summed E-state index contributed by atoms with van der Waals surface area (Å²) in [4.78, 5) is 14.4. The molecule has 0 aromatic carbocycles. The molecular weight excluding hydrogens is 246 g/mol. The molecule has 1 aromatic heterocycles. The van der Waals surface area contributed by atoms with Crippen LogP contribution in [0, 0.1) is 15.5 Å². The average molecular weight is 265 g/mol. The van der Waals surface area contributed by atoms with E-state index in [9.17, 15) is 10.1 Å². The van der Waals surface area contributed by atoms with Gasteiger partial charge in [-0.15, -0.1) is 0 Å². The van der Waals surface area contributed by atoms with Crippen LogP contribution in [-0.2, 0) is 0 Å². The molecule has 1 aliphatic rings. The standard InChI is InChI=1S/C13H19N3O3/c1-13(2)7-5-9(6-8-13)19-12-10(16(17)18)3-4-11(14)15-12/h3-4,9H,5-8H2,1-2H3,(H2,14,15). The van der Waals surface area contributed by atoms with Gasteiger partial charge in [-0.05, 0) is 37.2 Å². The first-order valence-corrected chi connectivity index (χ1v) is 6.45. The van der Waals surface area contributed by atoms with Crippen molar-refractivity contribution in [2.75, 3.05) is 5.73 Å². The van der Waals surface area contributed by atoms with Crippen molar-refractivity contribution in [2.24, 2.45) is 5.41 Å². The van der Waals surface area contributed by atoms with Crippen LogP contribution in [0.25, 0.3) is 0 Å². The van der Waals surface area contributed by atoms with Crippen LogP contribution in [0.4, 0.5) is 11.5 Å². The molecule has 1 saturated carbocycles. The van der Waals surface area contributed by atoms with E-state index in [0.29, 0.717) is 5.41 Å². The molecule has 6 heteroatoms. The number of hydrogen-bond acceptors (Lipinski definition) is 5. The van der Waals surface area contributed by atoms with Gasteiger partial charge in [-0.2, -0.15) is 4.98 Å². The minimum absolute atomic E-state index is 0.0129. The fourth-order valence-electron chi connectivity index (χ4n) is 2.32. The van der Waals surface area contributed by atoms with Gasteiger partial charge in [0, 0.05) is 6.07 Å². The second-order valence-corrected chi connectivity index (χ2v) is 5.80. The van der Waals surface area contributed by atoms with E-state index in [1.165, 1.54) is 12.1 Å². The molecule has 19 heavy (non-hydrogen) atoms. The van der Waals surface area contributed by atoms with Gasteiger partial charge >= 0.3 is 5.69 Å². The van der Waals surface area contributed by atoms with Gasteiger partial charge in [0.1, 0.15) is 11.9 Å². The molecule has 0 bridgehead atoms. The number of nitrogens with zero attached hydrogens (tertiary/aromatic N) is 2. The van der Waals surface area contributed by atoms with Gasteiger partial charge in [-0.25, -0.2) is 0 Å². The highest BCUT2D eigenvalue weighted by Crippen LogP contribution is 2.37. The summed E-state index contributed by atoms with van der Waals surface area (Å²) in [6.45, 7) is 4.45. The molecule has 0 radical (unpaired) electrons. The fourth-order valence-corrected chi connectivity index (χ4v) is 2.32. The molecule has 0 saturated heterocycles. The fraction of sp³-hybridized carbons (Fsp3) is 0.615. The van der Waals surface area contributed by atoms with Crippen molar-refractivity contribution >= 4 is 11.5 Å². The van der Waals surface area contributed by atoms with E-state index in [0.717, 1.165) is 25.7 Å². The minimum Gasteiger partial charge on any atom is -0.469 e. The summed E-state index contributed by atoms with van der Waals surface area (Å²) in [6.07, 6.45) is 3.86. The quantitative estimate of drug-likeness (QED) is 0.670. The summed E-state index contributed by atoms with van der Waals surface area (Å²) < 4.78 is 5.69. The predicted octanol–water partition coefficient (Wildman–Crippen LogP) is 2.92. The Kier molecular flexibility index (Phi) is 3.59. The third-order valence-corrected chi connectivity index (χ3v) is 3.62. The smallest absolute Gasteiger partial charge is 0.331 e. The normalized spacial score (nSPS) is 19.1. The summed E-state index contributed by atoms with van der Waals surface area (Å²) in [5, 5.41) is 10.9. The van der Waals surface area contributed by atoms with Crippen LogP contribution in [0.3, 0.4) is 0 Å². The number of nitro groups is 1. The van der Waals surface area contributed by atoms with E-state index in [-0.39, 0.29) is 23.5 Å². The topological polar surface area (TPSA) is 91.3 Å². The van der Waals surface area contributed by atoms with Crippen molar-refractivity contribution in [1.82, 2.24) is 4.98 Å². The summed E-state index contributed by atoms with van der Waals surface area (Å²) >= 11 is 0. The number of aromatic nitrogens is 1. The van der Waals surface area contributed by atoms with Crippen LogP contribution >= 0.6 is 0 Å². The molecular formula is C13H19N3O3. The second kappa shape index (κ2) is 5.03. The molecule has 1 heterocycles. The third-order valence-electron chi connectivity index (χ3n) is 3.62. The Hall–Kier alpha value is -1.85. The Morgan fingerprint density at radius 3 is 2.63 bits per heavy atom. The van der Waals surface area contributed by atoms with Gasteiger partial charge < -0.3 is 10.5 Å². The van der Waals surface area contributed by atoms with Crippen molar-refractivity contribution < 1.29 is 9.66 Å². The monoisotopic (exact) mass is 265 g/mol. The Balaban J connectivity index is 2.11. The summed E-state index contributed by atoms with van der Waals surface area (Å²) in [5.41, 5.74) is 5.76. The van der Waals surface area contributed by atoms with E-state index in [1.807, 2.05) is 0 Å². The molecule has 0 spiro atoms. The molecule has 1 aromatic rings. The molecule has 2 rings (SSSR count). The zero-order valence-electron chi connectivity index (χ0n) is 11.3. The highest BCUT2D eigenvalue weighted by molar-refractivity contribution is 5.47. The number of nitrogen functional groups attached to an aromatic ring is 1. The van der Waals surface area contributed by atoms with Gasteiger partial charge in [-0.3, -0.25) is 10.1 Å². The number of rotatable bonds is 3. The van der Waals surface area contributed by atoms with Crippen molar-refractivity contribution in [2.45, 2.75) is 45.6 Å². The first kappa shape index (κ1) is 13.6. The Morgan fingerprint density at radius 1 is 1.42 bits per heavy atom. The Labute approximate surface area is 112 Å². The van der Waals surface area contributed by atoms with Gasteiger partial charge in [0.15, 0.2) is 0 Å². The molecule has 0 atom stereocenters. The predicted molar refractivity (Wildman–Crippen MR) is 72.0 cm³/mol. The van der Waals surface area contributed by atoms with Gasteiger partial charge in [0.25, 0.3) is 5.88 Å². The average Bonchev–Trinajstić information content (AvgIpc) is 2.31. The van der Waals surface area contributed by atoms with Crippen molar-refractivity contribution in [1.29, 1.82) is 0 Å². The number of ether oxygens (including phenoxy) is 1. The van der Waals surface area contributed by atoms with Crippen LogP contribution in [0.15, 0.2) is 12.1 Å². The van der Waals surface area contributed by atoms with Crippen LogP contribution in [0.2, 0.25) is 0 Å². The molecule has 1 fully saturated rings. The highest BCUT2D eigenvalue weighted by atomic mass is 16.6. The minimum atomic E-state index is -0.492. The number of anilines is 1. The lowest BCUT2D eigenvalue weighted by Gasteiger charge is -2.33. The third kappa shape index (κ3) is 3.33. The maximum atomic E-state index is 10.9. The van der Waals surface area contributed by atoms with Crippen LogP contribution in [0.5, 0.6) is 5.88 Å². The maximum Gasteiger partial charge on any atom is 0.331 e. The molecule has 0 aliphatic heterocycles. The van der Waals surface area contributed by atoms with Crippen molar-refractivity contribution in [3.8, 4) is 5.88 Å². The largest absolute Gasteiger partial charge is 0.469 e. The number of nitrogens with two attached hydrogens (primary N) is 1. The van der Waals surface area contributed by atoms with E-state index < -0.39 is 4.92 Å². The van der Waals surface area contributed by atoms with Gasteiger partial charge in [0.2, 0.25) is 0 Å². The zero-order valence-corrected chi connectivity index (χ0v) is 11.3. The summed E-state index contributed by atoms with van der Waals surface area (Å²) in [5.74, 6) is 0.270. The van der Waals surface area contributed by atoms with Crippen LogP contribution < -0.4 is 10.5 Å². The number of hydrogen-bond donors (Lipinski definition) is 1. The highest BCUT2D eigenvalue weighted by Gasteiger charge is 2.29. The first-order chi connectivity index (χ1) is 8.87. The maximum absolute atomic E-state index is 10.9. The van der Waals surface area contributed by atoms with Crippen LogP contribution in [-0.4, -0.2) is 16.0 Å². The second-order valence-electron chi connectivity index (χ2n) is 5.80. The van der Waals surface area contributed by atoms with Crippen molar-refractivity contribution in [3.63, 3.8) is 0 Å². The van der Waals surface area contributed by atoms with Crippen molar-refractivity contribution in [3.05, 3.63) is 22.2 Å². The number of pyridine rings is 1. The van der Waals surface area contributed by atoms with Gasteiger partial charge in [-0.1, -0.05) is 13.8 Å². The molecule has 2 N–H and O–H groups in total. The summed E-state index contributed by atoms with van der Waals surface area (Å²) in [7, 11) is 0. The zero-order chi connectivity index (χ0) is 14.0. The van der Waals surface area contributed by atoms with E-state index in [2.05, 4.69) is 18.8 Å². The Bertz CT molecular complexity index is 478. The van der Waals surface area contributed by atoms with Crippen LogP contribution in [0.1, 0.15) is 39.5 Å². The molecule has 1 aliphatic carbocycles. The molecule has 0 unspecified atom stereocenters. The lowest BCUT2D eigenvalue weighted by Crippen LogP contribution is -2.28. The van der Waals surface area contributed by atoms with E-state index in [1.54, 1.807) is 0 Å². The van der Waals surface area contributed by atoms with E-state index in [4.69, 9.17) is 10.5 Å². The Morgan fingerprint density at radius 2 is 2.05 bits per heavy atom.